The SMILES string of the molecule is CC(NC(=O)c1ccc(C#CCCO)cn1)C1CCCO1. The van der Waals surface area contributed by atoms with Crippen LogP contribution in [0.4, 0.5) is 0 Å². The quantitative estimate of drug-likeness (QED) is 0.814. The van der Waals surface area contributed by atoms with E-state index in [0.717, 1.165) is 25.0 Å². The molecule has 1 saturated heterocycles. The first-order valence-corrected chi connectivity index (χ1v) is 7.19. The molecule has 5 nitrogen and oxygen atoms in total. The molecule has 0 aliphatic carbocycles. The third kappa shape index (κ3) is 4.55. The number of carbonyl (C=O) groups excluding carboxylic acids is 1. The molecule has 0 aromatic carbocycles. The van der Waals surface area contributed by atoms with Crippen LogP contribution in [0, 0.1) is 11.8 Å². The fourth-order valence-corrected chi connectivity index (χ4v) is 2.19. The Morgan fingerprint density at radius 2 is 2.48 bits per heavy atom. The lowest BCUT2D eigenvalue weighted by Gasteiger charge is -2.19. The fraction of sp³-hybridized carbons (Fsp3) is 0.500. The first-order valence-electron chi connectivity index (χ1n) is 7.19. The van der Waals surface area contributed by atoms with Crippen LogP contribution in [-0.4, -0.2) is 41.4 Å². The smallest absolute Gasteiger partial charge is 0.270 e. The molecule has 2 heterocycles. The van der Waals surface area contributed by atoms with Crippen molar-refractivity contribution in [2.45, 2.75) is 38.3 Å². The predicted molar refractivity (Wildman–Crippen MR) is 78.7 cm³/mol. The molecule has 1 aliphatic rings. The van der Waals surface area contributed by atoms with Crippen molar-refractivity contribution in [2.75, 3.05) is 13.2 Å². The van der Waals surface area contributed by atoms with E-state index < -0.39 is 0 Å². The Hall–Kier alpha value is -1.90. The second-order valence-electron chi connectivity index (χ2n) is 5.02. The van der Waals surface area contributed by atoms with E-state index in [1.165, 1.54) is 0 Å². The molecule has 1 aromatic heterocycles. The van der Waals surface area contributed by atoms with Crippen LogP contribution in [0.15, 0.2) is 18.3 Å². The van der Waals surface area contributed by atoms with Gasteiger partial charge in [-0.05, 0) is 31.9 Å². The van der Waals surface area contributed by atoms with Gasteiger partial charge in [0.1, 0.15) is 5.69 Å². The summed E-state index contributed by atoms with van der Waals surface area (Å²) < 4.78 is 5.55. The van der Waals surface area contributed by atoms with Gasteiger partial charge in [-0.25, -0.2) is 4.98 Å². The van der Waals surface area contributed by atoms with Crippen molar-refractivity contribution in [3.8, 4) is 11.8 Å². The maximum absolute atomic E-state index is 12.1. The minimum Gasteiger partial charge on any atom is -0.395 e. The lowest BCUT2D eigenvalue weighted by Crippen LogP contribution is -2.41. The van der Waals surface area contributed by atoms with Crippen LogP contribution in [0.3, 0.4) is 0 Å². The molecule has 0 saturated carbocycles. The molecule has 0 radical (unpaired) electrons. The van der Waals surface area contributed by atoms with Crippen molar-refractivity contribution in [3.05, 3.63) is 29.6 Å². The highest BCUT2D eigenvalue weighted by molar-refractivity contribution is 5.92. The molecule has 112 valence electrons. The molecule has 2 rings (SSSR count). The van der Waals surface area contributed by atoms with E-state index in [1.807, 2.05) is 6.92 Å². The van der Waals surface area contributed by atoms with Crippen LogP contribution >= 0.6 is 0 Å². The van der Waals surface area contributed by atoms with Gasteiger partial charge in [0, 0.05) is 24.8 Å². The molecule has 2 N–H and O–H groups in total. The minimum atomic E-state index is -0.201. The number of ether oxygens (including phenoxy) is 1. The number of aromatic nitrogens is 1. The highest BCUT2D eigenvalue weighted by Gasteiger charge is 2.24. The monoisotopic (exact) mass is 288 g/mol. The van der Waals surface area contributed by atoms with Crippen LogP contribution in [0.25, 0.3) is 0 Å². The Morgan fingerprint density at radius 1 is 1.62 bits per heavy atom. The van der Waals surface area contributed by atoms with Crippen LogP contribution < -0.4 is 5.32 Å². The summed E-state index contributed by atoms with van der Waals surface area (Å²) in [4.78, 5) is 16.2. The second kappa shape index (κ2) is 7.77. The largest absolute Gasteiger partial charge is 0.395 e. The molecule has 0 spiro atoms. The van der Waals surface area contributed by atoms with Crippen molar-refractivity contribution in [1.82, 2.24) is 10.3 Å². The number of aliphatic hydroxyl groups is 1. The van der Waals surface area contributed by atoms with Crippen molar-refractivity contribution in [1.29, 1.82) is 0 Å². The average molecular weight is 288 g/mol. The van der Waals surface area contributed by atoms with Gasteiger partial charge in [-0.1, -0.05) is 11.8 Å². The molecule has 21 heavy (non-hydrogen) atoms. The number of aliphatic hydroxyl groups excluding tert-OH is 1. The molecular formula is C16H20N2O3. The number of hydrogen-bond donors (Lipinski definition) is 2. The van der Waals surface area contributed by atoms with E-state index in [9.17, 15) is 4.79 Å². The summed E-state index contributed by atoms with van der Waals surface area (Å²) in [6.07, 6.45) is 4.12. The van der Waals surface area contributed by atoms with E-state index in [4.69, 9.17) is 9.84 Å². The summed E-state index contributed by atoms with van der Waals surface area (Å²) in [5.74, 6) is 5.48. The van der Waals surface area contributed by atoms with Gasteiger partial charge in [0.15, 0.2) is 0 Å². The summed E-state index contributed by atoms with van der Waals surface area (Å²) in [7, 11) is 0. The Labute approximate surface area is 124 Å². The van der Waals surface area contributed by atoms with Gasteiger partial charge >= 0.3 is 0 Å². The van der Waals surface area contributed by atoms with Gasteiger partial charge in [0.25, 0.3) is 5.91 Å². The lowest BCUT2D eigenvalue weighted by molar-refractivity contribution is 0.0709. The number of hydrogen-bond acceptors (Lipinski definition) is 4. The maximum Gasteiger partial charge on any atom is 0.270 e. The Bertz CT molecular complexity index is 525. The van der Waals surface area contributed by atoms with E-state index in [0.29, 0.717) is 12.1 Å². The molecule has 1 aromatic rings. The summed E-state index contributed by atoms with van der Waals surface area (Å²) in [5, 5.41) is 11.6. The summed E-state index contributed by atoms with van der Waals surface area (Å²) in [5.41, 5.74) is 1.10. The van der Waals surface area contributed by atoms with Crippen molar-refractivity contribution in [3.63, 3.8) is 0 Å². The average Bonchev–Trinajstić information content (AvgIpc) is 3.02. The molecule has 1 fully saturated rings. The number of carbonyl (C=O) groups is 1. The highest BCUT2D eigenvalue weighted by Crippen LogP contribution is 2.15. The number of nitrogens with one attached hydrogen (secondary N) is 1. The van der Waals surface area contributed by atoms with Crippen LogP contribution in [-0.2, 0) is 4.74 Å². The second-order valence-corrected chi connectivity index (χ2v) is 5.02. The lowest BCUT2D eigenvalue weighted by atomic mass is 10.1. The first-order chi connectivity index (χ1) is 10.2. The van der Waals surface area contributed by atoms with E-state index in [2.05, 4.69) is 22.1 Å². The normalized spacial score (nSPS) is 18.7. The highest BCUT2D eigenvalue weighted by atomic mass is 16.5. The number of nitrogens with zero attached hydrogens (tertiary/aromatic N) is 1. The molecular weight excluding hydrogens is 268 g/mol. The third-order valence-electron chi connectivity index (χ3n) is 3.35. The zero-order valence-electron chi connectivity index (χ0n) is 12.1. The Balaban J connectivity index is 1.92. The van der Waals surface area contributed by atoms with Gasteiger partial charge in [0.05, 0.1) is 18.8 Å². The number of amides is 1. The third-order valence-corrected chi connectivity index (χ3v) is 3.35. The van der Waals surface area contributed by atoms with E-state index >= 15 is 0 Å². The van der Waals surface area contributed by atoms with Gasteiger partial charge in [-0.15, -0.1) is 0 Å². The standard InChI is InChI=1S/C16H20N2O3/c1-12(15-6-4-10-21-15)18-16(20)14-8-7-13(11-17-14)5-2-3-9-19/h7-8,11-12,15,19H,3-4,6,9-10H2,1H3,(H,18,20). The summed E-state index contributed by atoms with van der Waals surface area (Å²) >= 11 is 0. The predicted octanol–water partition coefficient (Wildman–Crippen LogP) is 1.11. The topological polar surface area (TPSA) is 71.5 Å². The molecule has 1 aliphatic heterocycles. The summed E-state index contributed by atoms with van der Waals surface area (Å²) in [6.45, 7) is 2.76. The fourth-order valence-electron chi connectivity index (χ4n) is 2.19. The van der Waals surface area contributed by atoms with Gasteiger partial charge in [-0.2, -0.15) is 0 Å². The van der Waals surface area contributed by atoms with E-state index in [-0.39, 0.29) is 24.7 Å². The Morgan fingerprint density at radius 3 is 3.10 bits per heavy atom. The maximum atomic E-state index is 12.1. The van der Waals surface area contributed by atoms with Gasteiger partial charge in [0.2, 0.25) is 0 Å². The van der Waals surface area contributed by atoms with Crippen molar-refractivity contribution >= 4 is 5.91 Å². The minimum absolute atomic E-state index is 0.0224. The van der Waals surface area contributed by atoms with Gasteiger partial charge in [-0.3, -0.25) is 4.79 Å². The molecule has 2 unspecified atom stereocenters. The molecule has 2 atom stereocenters. The summed E-state index contributed by atoms with van der Waals surface area (Å²) in [6, 6.07) is 3.38. The zero-order valence-corrected chi connectivity index (χ0v) is 12.1. The molecule has 5 heteroatoms. The molecule has 1 amide bonds. The van der Waals surface area contributed by atoms with Crippen molar-refractivity contribution < 1.29 is 14.6 Å². The van der Waals surface area contributed by atoms with Crippen LogP contribution in [0.1, 0.15) is 42.2 Å². The number of rotatable bonds is 4. The van der Waals surface area contributed by atoms with Gasteiger partial charge < -0.3 is 15.2 Å². The molecule has 0 bridgehead atoms. The van der Waals surface area contributed by atoms with Crippen LogP contribution in [0.2, 0.25) is 0 Å². The van der Waals surface area contributed by atoms with E-state index in [1.54, 1.807) is 18.3 Å². The number of pyridine rings is 1. The van der Waals surface area contributed by atoms with Crippen molar-refractivity contribution in [2.24, 2.45) is 0 Å². The first kappa shape index (κ1) is 15.5. The van der Waals surface area contributed by atoms with Crippen LogP contribution in [0.5, 0.6) is 0 Å². The Kier molecular flexibility index (Phi) is 5.73. The zero-order chi connectivity index (χ0) is 15.1.